The summed E-state index contributed by atoms with van der Waals surface area (Å²) in [4.78, 5) is 27.5. The van der Waals surface area contributed by atoms with Crippen molar-refractivity contribution in [3.05, 3.63) is 75.7 Å². The Kier molecular flexibility index (Phi) is 6.09. The van der Waals surface area contributed by atoms with Crippen molar-refractivity contribution in [2.24, 2.45) is 5.92 Å². The fourth-order valence-electron chi connectivity index (χ4n) is 3.97. The molecule has 1 heterocycles. The Morgan fingerprint density at radius 3 is 2.65 bits per heavy atom. The van der Waals surface area contributed by atoms with E-state index >= 15 is 0 Å². The molecule has 0 unspecified atom stereocenters. The van der Waals surface area contributed by atoms with E-state index in [2.05, 4.69) is 17.6 Å². The first kappa shape index (κ1) is 21.1. The van der Waals surface area contributed by atoms with Crippen molar-refractivity contribution >= 4 is 33.8 Å². The molecule has 0 fully saturated rings. The first-order chi connectivity index (χ1) is 15.0. The number of amides is 2. The van der Waals surface area contributed by atoms with Crippen molar-refractivity contribution in [2.45, 2.75) is 33.1 Å². The molecule has 1 aromatic heterocycles. The van der Waals surface area contributed by atoms with Crippen LogP contribution in [0, 0.1) is 12.8 Å². The molecule has 2 N–H and O–H groups in total. The van der Waals surface area contributed by atoms with Gasteiger partial charge in [-0.3, -0.25) is 9.59 Å². The summed E-state index contributed by atoms with van der Waals surface area (Å²) in [6.45, 7) is 4.18. The minimum Gasteiger partial charge on any atom is -0.495 e. The quantitative estimate of drug-likeness (QED) is 0.542. The van der Waals surface area contributed by atoms with E-state index in [0.717, 1.165) is 30.4 Å². The Morgan fingerprint density at radius 2 is 1.87 bits per heavy atom. The molecule has 0 aliphatic heterocycles. The van der Waals surface area contributed by atoms with Gasteiger partial charge in [0.25, 0.3) is 11.8 Å². The van der Waals surface area contributed by atoms with Gasteiger partial charge >= 0.3 is 0 Å². The maximum absolute atomic E-state index is 13.4. The van der Waals surface area contributed by atoms with Gasteiger partial charge < -0.3 is 15.4 Å². The second kappa shape index (κ2) is 8.94. The molecule has 0 bridgehead atoms. The Bertz CT molecular complexity index is 1140. The van der Waals surface area contributed by atoms with Gasteiger partial charge in [0, 0.05) is 10.4 Å². The number of para-hydroxylation sites is 2. The zero-order valence-electron chi connectivity index (χ0n) is 18.0. The Balaban J connectivity index is 1.68. The topological polar surface area (TPSA) is 67.4 Å². The molecule has 3 aromatic rings. The van der Waals surface area contributed by atoms with Gasteiger partial charge in [0.2, 0.25) is 0 Å². The number of hydrogen-bond donors (Lipinski definition) is 2. The van der Waals surface area contributed by atoms with Gasteiger partial charge in [-0.05, 0) is 61.9 Å². The Hall–Kier alpha value is -3.12. The lowest BCUT2D eigenvalue weighted by Gasteiger charge is -2.19. The van der Waals surface area contributed by atoms with Crippen LogP contribution in [0.5, 0.6) is 5.75 Å². The molecule has 2 amide bonds. The molecular weight excluding hydrogens is 408 g/mol. The molecule has 1 aliphatic rings. The van der Waals surface area contributed by atoms with Crippen LogP contribution in [0.4, 0.5) is 10.7 Å². The SMILES string of the molecule is COc1ccccc1NC(=O)c1c(NC(=O)c2cccc(C)c2)sc2c1CC[C@@H](C)C2. The molecule has 4 rings (SSSR count). The number of nitrogens with one attached hydrogen (secondary N) is 2. The molecule has 0 spiro atoms. The summed E-state index contributed by atoms with van der Waals surface area (Å²) in [6, 6.07) is 14.8. The Morgan fingerprint density at radius 1 is 1.06 bits per heavy atom. The third-order valence-corrected chi connectivity index (χ3v) is 6.77. The van der Waals surface area contributed by atoms with Crippen molar-refractivity contribution in [3.63, 3.8) is 0 Å². The van der Waals surface area contributed by atoms with E-state index in [9.17, 15) is 9.59 Å². The van der Waals surface area contributed by atoms with Crippen LogP contribution in [0.15, 0.2) is 48.5 Å². The van der Waals surface area contributed by atoms with Gasteiger partial charge in [0.05, 0.1) is 18.4 Å². The molecule has 31 heavy (non-hydrogen) atoms. The predicted molar refractivity (Wildman–Crippen MR) is 126 cm³/mol. The van der Waals surface area contributed by atoms with Gasteiger partial charge in [0.1, 0.15) is 10.8 Å². The first-order valence-corrected chi connectivity index (χ1v) is 11.2. The fraction of sp³-hybridized carbons (Fsp3) is 0.280. The number of aryl methyl sites for hydroxylation is 1. The van der Waals surface area contributed by atoms with E-state index in [1.165, 1.54) is 16.2 Å². The summed E-state index contributed by atoms with van der Waals surface area (Å²) in [6.07, 6.45) is 2.79. The third-order valence-electron chi connectivity index (χ3n) is 5.60. The largest absolute Gasteiger partial charge is 0.495 e. The molecule has 0 saturated carbocycles. The average molecular weight is 435 g/mol. The van der Waals surface area contributed by atoms with Crippen molar-refractivity contribution in [1.29, 1.82) is 0 Å². The van der Waals surface area contributed by atoms with Crippen molar-refractivity contribution in [2.75, 3.05) is 17.7 Å². The van der Waals surface area contributed by atoms with E-state index in [4.69, 9.17) is 4.74 Å². The molecule has 6 heteroatoms. The average Bonchev–Trinajstić information content (AvgIpc) is 3.10. The number of ether oxygens (including phenoxy) is 1. The lowest BCUT2D eigenvalue weighted by Crippen LogP contribution is -2.19. The second-order valence-electron chi connectivity index (χ2n) is 8.03. The molecule has 5 nitrogen and oxygen atoms in total. The van der Waals surface area contributed by atoms with Crippen LogP contribution in [-0.4, -0.2) is 18.9 Å². The molecule has 2 aromatic carbocycles. The lowest BCUT2D eigenvalue weighted by atomic mass is 9.88. The normalized spacial score (nSPS) is 15.1. The monoisotopic (exact) mass is 434 g/mol. The van der Waals surface area contributed by atoms with Crippen molar-refractivity contribution < 1.29 is 14.3 Å². The number of rotatable bonds is 5. The number of thiophene rings is 1. The van der Waals surface area contributed by atoms with Crippen LogP contribution in [0.3, 0.4) is 0 Å². The van der Waals surface area contributed by atoms with E-state index in [1.54, 1.807) is 19.2 Å². The molecular formula is C25H26N2O3S. The standard InChI is InChI=1S/C25H26N2O3S/c1-15-7-6-8-17(13-15)23(28)27-25-22(18-12-11-16(2)14-21(18)31-25)24(29)26-19-9-4-5-10-20(19)30-3/h4-10,13,16H,11-12,14H2,1-3H3,(H,26,29)(H,27,28)/t16-/m1/s1. The van der Waals surface area contributed by atoms with Gasteiger partial charge in [0.15, 0.2) is 0 Å². The zero-order valence-corrected chi connectivity index (χ0v) is 18.8. The maximum atomic E-state index is 13.4. The minimum absolute atomic E-state index is 0.207. The summed E-state index contributed by atoms with van der Waals surface area (Å²) in [5.74, 6) is 0.730. The molecule has 1 atom stereocenters. The lowest BCUT2D eigenvalue weighted by molar-refractivity contribution is 0.102. The number of benzene rings is 2. The highest BCUT2D eigenvalue weighted by Crippen LogP contribution is 2.40. The highest BCUT2D eigenvalue weighted by Gasteiger charge is 2.29. The van der Waals surface area contributed by atoms with Crippen molar-refractivity contribution in [1.82, 2.24) is 0 Å². The molecule has 1 aliphatic carbocycles. The van der Waals surface area contributed by atoms with E-state index < -0.39 is 0 Å². The van der Waals surface area contributed by atoms with Gasteiger partial charge in [-0.15, -0.1) is 11.3 Å². The van der Waals surface area contributed by atoms with Gasteiger partial charge in [-0.25, -0.2) is 0 Å². The van der Waals surface area contributed by atoms with E-state index in [0.29, 0.717) is 33.5 Å². The van der Waals surface area contributed by atoms with Crippen molar-refractivity contribution in [3.8, 4) is 5.75 Å². The number of fused-ring (bicyclic) bond motifs is 1. The second-order valence-corrected chi connectivity index (χ2v) is 9.14. The summed E-state index contributed by atoms with van der Waals surface area (Å²) in [5.41, 5.74) is 3.82. The smallest absolute Gasteiger partial charge is 0.259 e. The highest BCUT2D eigenvalue weighted by atomic mass is 32.1. The number of hydrogen-bond acceptors (Lipinski definition) is 4. The van der Waals surface area contributed by atoms with Crippen LogP contribution in [0.2, 0.25) is 0 Å². The van der Waals surface area contributed by atoms with Gasteiger partial charge in [-0.2, -0.15) is 0 Å². The predicted octanol–water partition coefficient (Wildman–Crippen LogP) is 5.69. The van der Waals surface area contributed by atoms with E-state index in [1.807, 2.05) is 43.3 Å². The van der Waals surface area contributed by atoms with Gasteiger partial charge in [-0.1, -0.05) is 36.8 Å². The summed E-state index contributed by atoms with van der Waals surface area (Å²) >= 11 is 1.52. The van der Waals surface area contributed by atoms with Crippen LogP contribution in [0.25, 0.3) is 0 Å². The third kappa shape index (κ3) is 4.49. The number of anilines is 2. The summed E-state index contributed by atoms with van der Waals surface area (Å²) < 4.78 is 5.37. The number of methoxy groups -OCH3 is 1. The molecule has 0 saturated heterocycles. The highest BCUT2D eigenvalue weighted by molar-refractivity contribution is 7.17. The van der Waals surface area contributed by atoms with Crippen LogP contribution < -0.4 is 15.4 Å². The summed E-state index contributed by atoms with van der Waals surface area (Å²) in [7, 11) is 1.58. The minimum atomic E-state index is -0.226. The van der Waals surface area contributed by atoms with Crippen LogP contribution >= 0.6 is 11.3 Å². The van der Waals surface area contributed by atoms with Crippen LogP contribution in [0.1, 0.15) is 50.1 Å². The maximum Gasteiger partial charge on any atom is 0.259 e. The molecule has 160 valence electrons. The number of carbonyl (C=O) groups is 2. The van der Waals surface area contributed by atoms with Crippen LogP contribution in [-0.2, 0) is 12.8 Å². The summed E-state index contributed by atoms with van der Waals surface area (Å²) in [5, 5.41) is 6.60. The Labute approximate surface area is 186 Å². The molecule has 0 radical (unpaired) electrons. The fourth-order valence-corrected chi connectivity index (χ4v) is 5.38. The zero-order chi connectivity index (χ0) is 22.0. The first-order valence-electron chi connectivity index (χ1n) is 10.4. The number of carbonyl (C=O) groups excluding carboxylic acids is 2. The van der Waals surface area contributed by atoms with E-state index in [-0.39, 0.29) is 11.8 Å².